The molecule has 0 aromatic carbocycles. The average molecular weight is 209 g/mol. The van der Waals surface area contributed by atoms with Gasteiger partial charge in [-0.2, -0.15) is 17.4 Å². The maximum absolute atomic E-state index is 11.4. The fourth-order valence-electron chi connectivity index (χ4n) is 0.517. The summed E-state index contributed by atoms with van der Waals surface area (Å²) in [6, 6.07) is -0.248. The van der Waals surface area contributed by atoms with Gasteiger partial charge in [0.1, 0.15) is 0 Å². The van der Waals surface area contributed by atoms with E-state index in [0.717, 1.165) is 4.31 Å². The van der Waals surface area contributed by atoms with Gasteiger partial charge in [-0.25, -0.2) is 0 Å². The molecule has 0 heterocycles. The van der Waals surface area contributed by atoms with Crippen molar-refractivity contribution in [3.8, 4) is 0 Å². The van der Waals surface area contributed by atoms with Gasteiger partial charge in [-0.1, -0.05) is 0 Å². The quantitative estimate of drug-likeness (QED) is 0.656. The monoisotopic (exact) mass is 209 g/mol. The molecule has 1 unspecified atom stereocenters. The van der Waals surface area contributed by atoms with Crippen molar-refractivity contribution in [2.45, 2.75) is 32.4 Å². The van der Waals surface area contributed by atoms with E-state index in [4.69, 9.17) is 5.73 Å². The number of hydrogen-bond acceptors (Lipinski definition) is 3. The van der Waals surface area contributed by atoms with Crippen molar-refractivity contribution >= 4 is 10.2 Å². The average Bonchev–Trinajstić information content (AvgIpc) is 1.83. The summed E-state index contributed by atoms with van der Waals surface area (Å²) in [5.41, 5.74) is 5.00. The van der Waals surface area contributed by atoms with E-state index in [1.807, 2.05) is 0 Å². The van der Waals surface area contributed by atoms with Crippen molar-refractivity contribution in [1.82, 2.24) is 9.03 Å². The van der Waals surface area contributed by atoms with Crippen LogP contribution in [0.1, 0.15) is 20.8 Å². The summed E-state index contributed by atoms with van der Waals surface area (Å²) in [6.07, 6.45) is 0. The molecular weight excluding hydrogens is 190 g/mol. The van der Waals surface area contributed by atoms with Gasteiger partial charge in [0, 0.05) is 25.7 Å². The lowest BCUT2D eigenvalue weighted by atomic mass is 9.99. The Morgan fingerprint density at radius 3 is 2.00 bits per heavy atom. The molecule has 0 radical (unpaired) electrons. The molecule has 0 amide bonds. The first-order valence-corrected chi connectivity index (χ1v) is 5.50. The van der Waals surface area contributed by atoms with Gasteiger partial charge in [0.05, 0.1) is 0 Å². The lowest BCUT2D eigenvalue weighted by Crippen LogP contribution is -2.56. The molecule has 6 heteroatoms. The van der Waals surface area contributed by atoms with Crippen molar-refractivity contribution in [2.75, 3.05) is 14.1 Å². The second-order valence-corrected chi connectivity index (χ2v) is 5.78. The van der Waals surface area contributed by atoms with Gasteiger partial charge in [-0.3, -0.25) is 0 Å². The van der Waals surface area contributed by atoms with Gasteiger partial charge in [0.15, 0.2) is 0 Å². The van der Waals surface area contributed by atoms with Crippen molar-refractivity contribution < 1.29 is 8.42 Å². The van der Waals surface area contributed by atoms with Crippen LogP contribution < -0.4 is 10.5 Å². The number of rotatable bonds is 4. The second kappa shape index (κ2) is 3.91. The summed E-state index contributed by atoms with van der Waals surface area (Å²) >= 11 is 0. The van der Waals surface area contributed by atoms with E-state index in [1.54, 1.807) is 20.8 Å². The summed E-state index contributed by atoms with van der Waals surface area (Å²) in [7, 11) is -0.454. The predicted octanol–water partition coefficient (Wildman–Crippen LogP) is -0.492. The predicted molar refractivity (Wildman–Crippen MR) is 53.5 cm³/mol. The van der Waals surface area contributed by atoms with Crippen LogP contribution in [0.3, 0.4) is 0 Å². The topological polar surface area (TPSA) is 75.4 Å². The second-order valence-electron chi connectivity index (χ2n) is 3.90. The SMILES string of the molecule is CC(N)C(C)(C)NS(=O)(=O)N(C)C. The Hall–Kier alpha value is -0.170. The normalized spacial score (nSPS) is 16.2. The molecule has 0 rings (SSSR count). The summed E-state index contributed by atoms with van der Waals surface area (Å²) in [5.74, 6) is 0. The molecule has 0 saturated carbocycles. The molecule has 0 aliphatic heterocycles. The zero-order valence-electron chi connectivity index (χ0n) is 8.83. The standard InChI is InChI=1S/C7H19N3O2S/c1-6(8)7(2,3)9-13(11,12)10(4)5/h6,9H,8H2,1-5H3. The van der Waals surface area contributed by atoms with E-state index < -0.39 is 15.7 Å². The fraction of sp³-hybridized carbons (Fsp3) is 1.00. The van der Waals surface area contributed by atoms with Gasteiger partial charge in [0.2, 0.25) is 0 Å². The molecule has 0 aliphatic rings. The molecule has 0 saturated heterocycles. The Balaban J connectivity index is 4.63. The molecule has 3 N–H and O–H groups in total. The van der Waals surface area contributed by atoms with Gasteiger partial charge >= 0.3 is 0 Å². The smallest absolute Gasteiger partial charge is 0.279 e. The van der Waals surface area contributed by atoms with Crippen molar-refractivity contribution in [1.29, 1.82) is 0 Å². The van der Waals surface area contributed by atoms with Crippen molar-refractivity contribution in [2.24, 2.45) is 5.73 Å². The lowest BCUT2D eigenvalue weighted by Gasteiger charge is -2.31. The number of nitrogens with two attached hydrogens (primary N) is 1. The highest BCUT2D eigenvalue weighted by Gasteiger charge is 2.29. The molecule has 0 aromatic heterocycles. The first-order valence-electron chi connectivity index (χ1n) is 4.06. The highest BCUT2D eigenvalue weighted by Crippen LogP contribution is 2.08. The summed E-state index contributed by atoms with van der Waals surface area (Å²) < 4.78 is 26.4. The molecule has 0 aromatic rings. The van der Waals surface area contributed by atoms with Crippen LogP contribution in [0.25, 0.3) is 0 Å². The van der Waals surface area contributed by atoms with E-state index in [1.165, 1.54) is 14.1 Å². The molecule has 1 atom stereocenters. The van der Waals surface area contributed by atoms with Crippen LogP contribution >= 0.6 is 0 Å². The van der Waals surface area contributed by atoms with Crippen molar-refractivity contribution in [3.63, 3.8) is 0 Å². The highest BCUT2D eigenvalue weighted by atomic mass is 32.2. The number of nitrogens with zero attached hydrogens (tertiary/aromatic N) is 1. The van der Waals surface area contributed by atoms with Crippen LogP contribution in [0.2, 0.25) is 0 Å². The largest absolute Gasteiger partial charge is 0.326 e. The van der Waals surface area contributed by atoms with Crippen LogP contribution in [0, 0.1) is 0 Å². The molecule has 13 heavy (non-hydrogen) atoms. The first kappa shape index (κ1) is 12.8. The van der Waals surface area contributed by atoms with Crippen LogP contribution in [0.4, 0.5) is 0 Å². The van der Waals surface area contributed by atoms with E-state index >= 15 is 0 Å². The molecule has 80 valence electrons. The van der Waals surface area contributed by atoms with Crippen molar-refractivity contribution in [3.05, 3.63) is 0 Å². The Bertz CT molecular complexity index is 257. The molecule has 5 nitrogen and oxygen atoms in total. The fourth-order valence-corrected chi connectivity index (χ4v) is 1.55. The number of hydrogen-bond donors (Lipinski definition) is 2. The zero-order chi connectivity index (χ0) is 10.9. The van der Waals surface area contributed by atoms with Gasteiger partial charge in [-0.15, -0.1) is 0 Å². The summed E-state index contributed by atoms with van der Waals surface area (Å²) in [6.45, 7) is 5.26. The summed E-state index contributed by atoms with van der Waals surface area (Å²) in [5, 5.41) is 0. The Labute approximate surface area is 80.5 Å². The van der Waals surface area contributed by atoms with Crippen LogP contribution in [0.15, 0.2) is 0 Å². The molecule has 0 spiro atoms. The van der Waals surface area contributed by atoms with Gasteiger partial charge in [0.25, 0.3) is 10.2 Å². The summed E-state index contributed by atoms with van der Waals surface area (Å²) in [4.78, 5) is 0. The molecule has 0 aliphatic carbocycles. The maximum atomic E-state index is 11.4. The van der Waals surface area contributed by atoms with Gasteiger partial charge in [-0.05, 0) is 20.8 Å². The molecule has 0 bridgehead atoms. The van der Waals surface area contributed by atoms with Crippen LogP contribution in [-0.2, 0) is 10.2 Å². The minimum absolute atomic E-state index is 0.248. The minimum Gasteiger partial charge on any atom is -0.326 e. The maximum Gasteiger partial charge on any atom is 0.279 e. The number of nitrogens with one attached hydrogen (secondary N) is 1. The zero-order valence-corrected chi connectivity index (χ0v) is 9.64. The molecule has 0 fully saturated rings. The Kier molecular flexibility index (Phi) is 3.86. The minimum atomic E-state index is -3.40. The highest BCUT2D eigenvalue weighted by molar-refractivity contribution is 7.87. The molecular formula is C7H19N3O2S. The Morgan fingerprint density at radius 2 is 1.77 bits per heavy atom. The first-order chi connectivity index (χ1) is 5.59. The lowest BCUT2D eigenvalue weighted by molar-refractivity contribution is 0.374. The van der Waals surface area contributed by atoms with E-state index in [0.29, 0.717) is 0 Å². The van der Waals surface area contributed by atoms with Gasteiger partial charge < -0.3 is 5.73 Å². The van der Waals surface area contributed by atoms with Crippen LogP contribution in [0.5, 0.6) is 0 Å². The Morgan fingerprint density at radius 1 is 1.38 bits per heavy atom. The third-order valence-electron chi connectivity index (χ3n) is 2.01. The van der Waals surface area contributed by atoms with E-state index in [-0.39, 0.29) is 6.04 Å². The third-order valence-corrected chi connectivity index (χ3v) is 3.76. The third kappa shape index (κ3) is 3.60. The van der Waals surface area contributed by atoms with E-state index in [9.17, 15) is 8.42 Å². The van der Waals surface area contributed by atoms with Crippen LogP contribution in [-0.4, -0.2) is 38.4 Å². The van der Waals surface area contributed by atoms with E-state index in [2.05, 4.69) is 4.72 Å².